The molecule has 14 heteroatoms. The fourth-order valence-electron chi connectivity index (χ4n) is 7.51. The normalized spacial score (nSPS) is 26.3. The molecule has 0 spiro atoms. The standard InChI is InChI=1S/C38H42N6O8/c1-3-23-12-11-16-27-32(19-29(41-33(23)27)31(45)21-40-39)51-26-18-30-34(46)43-38(36(48)50-2)20-24(38)13-7-5-4-6-8-17-28(35(47)44(30)22-26)42-37(49)52-25-14-9-10-15-25/h1,7,11-13,16,19,21,24-26,28,30H,4-6,8-10,14-15,17-18,20,22H2,2H3,(H,42,49)(H,43,46)/t24?,26-,28+,30+,38-/m1/s1. The van der Waals surface area contributed by atoms with Gasteiger partial charge in [0.15, 0.2) is 0 Å². The number of carbonyl (C=O) groups is 5. The molecule has 2 aliphatic carbocycles. The molecule has 3 amide bonds. The minimum absolute atomic E-state index is 0.0224. The molecule has 272 valence electrons. The smallest absolute Gasteiger partial charge is 0.408 e. The predicted molar refractivity (Wildman–Crippen MR) is 187 cm³/mol. The van der Waals surface area contributed by atoms with E-state index < -0.39 is 53.4 Å². The Morgan fingerprint density at radius 2 is 1.92 bits per heavy atom. The fourth-order valence-corrected chi connectivity index (χ4v) is 7.51. The number of methoxy groups -OCH3 is 1. The van der Waals surface area contributed by atoms with Gasteiger partial charge in [-0.3, -0.25) is 14.4 Å². The number of hydrogen-bond acceptors (Lipinski definition) is 9. The van der Waals surface area contributed by atoms with Crippen LogP contribution in [0.1, 0.15) is 86.7 Å². The van der Waals surface area contributed by atoms with E-state index >= 15 is 0 Å². The molecule has 2 N–H and O–H groups in total. The Morgan fingerprint density at radius 1 is 1.13 bits per heavy atom. The number of pyridine rings is 1. The molecule has 1 aromatic carbocycles. The van der Waals surface area contributed by atoms with Crippen molar-refractivity contribution in [2.24, 2.45) is 5.92 Å². The third-order valence-electron chi connectivity index (χ3n) is 10.3. The van der Waals surface area contributed by atoms with Gasteiger partial charge in [-0.15, -0.1) is 6.42 Å². The van der Waals surface area contributed by atoms with Crippen LogP contribution in [-0.4, -0.2) is 94.0 Å². The molecule has 3 fully saturated rings. The van der Waals surface area contributed by atoms with E-state index in [9.17, 15) is 24.0 Å². The molecule has 0 radical (unpaired) electrons. The van der Waals surface area contributed by atoms with E-state index in [4.69, 9.17) is 26.2 Å². The first kappa shape index (κ1) is 36.3. The summed E-state index contributed by atoms with van der Waals surface area (Å²) < 4.78 is 17.2. The molecule has 4 aliphatic rings. The largest absolute Gasteiger partial charge is 0.488 e. The number of para-hydroxylation sites is 1. The number of amides is 3. The summed E-state index contributed by atoms with van der Waals surface area (Å²) in [5, 5.41) is 6.19. The third kappa shape index (κ3) is 7.70. The van der Waals surface area contributed by atoms with E-state index in [0.29, 0.717) is 41.9 Å². The number of ether oxygens (including phenoxy) is 3. The molecule has 5 atom stereocenters. The first-order valence-corrected chi connectivity index (χ1v) is 17.8. The molecule has 2 saturated carbocycles. The Bertz CT molecular complexity index is 1880. The van der Waals surface area contributed by atoms with E-state index in [2.05, 4.69) is 26.3 Å². The quantitative estimate of drug-likeness (QED) is 0.0822. The van der Waals surface area contributed by atoms with Crippen LogP contribution in [0.25, 0.3) is 16.4 Å². The molecule has 2 aromatic rings. The molecular weight excluding hydrogens is 668 g/mol. The average molecular weight is 711 g/mol. The van der Waals surface area contributed by atoms with Crippen LogP contribution in [0.15, 0.2) is 36.4 Å². The van der Waals surface area contributed by atoms with Crippen LogP contribution in [-0.2, 0) is 23.9 Å². The Hall–Kier alpha value is -5.54. The van der Waals surface area contributed by atoms with E-state index in [0.717, 1.165) is 44.9 Å². The molecule has 1 saturated heterocycles. The van der Waals surface area contributed by atoms with Crippen molar-refractivity contribution in [3.63, 3.8) is 0 Å². The Labute approximate surface area is 301 Å². The third-order valence-corrected chi connectivity index (χ3v) is 10.3. The van der Waals surface area contributed by atoms with Gasteiger partial charge in [-0.1, -0.05) is 37.0 Å². The van der Waals surface area contributed by atoms with Gasteiger partial charge in [-0.25, -0.2) is 14.6 Å². The van der Waals surface area contributed by atoms with Crippen molar-refractivity contribution in [2.75, 3.05) is 13.7 Å². The first-order chi connectivity index (χ1) is 25.2. The van der Waals surface area contributed by atoms with Crippen molar-refractivity contribution in [3.8, 4) is 18.1 Å². The summed E-state index contributed by atoms with van der Waals surface area (Å²) >= 11 is 0. The van der Waals surface area contributed by atoms with Crippen molar-refractivity contribution in [3.05, 3.63) is 53.2 Å². The van der Waals surface area contributed by atoms with Crippen LogP contribution in [0.4, 0.5) is 4.79 Å². The number of aromatic nitrogens is 1. The molecule has 3 heterocycles. The van der Waals surface area contributed by atoms with Gasteiger partial charge in [0.25, 0.3) is 5.78 Å². The average Bonchev–Trinajstić information content (AvgIpc) is 3.42. The SMILES string of the molecule is C#Cc1cccc2c(O[C@@H]3C[C@H]4C(=O)N[C@]5(C(=O)OC)CC5C=CCCCCC[C@H](NC(=O)OC5CCCC5)C(=O)N4C3)cc(C(=O)C=[N+]=[N-])nc12. The van der Waals surface area contributed by atoms with Crippen LogP contribution >= 0.6 is 0 Å². The van der Waals surface area contributed by atoms with Crippen LogP contribution in [0, 0.1) is 18.3 Å². The van der Waals surface area contributed by atoms with E-state index in [1.807, 2.05) is 12.2 Å². The number of nitrogens with one attached hydrogen (secondary N) is 2. The number of esters is 1. The molecule has 52 heavy (non-hydrogen) atoms. The van der Waals surface area contributed by atoms with E-state index in [-0.39, 0.29) is 36.4 Å². The van der Waals surface area contributed by atoms with Gasteiger partial charge in [0.2, 0.25) is 11.8 Å². The summed E-state index contributed by atoms with van der Waals surface area (Å²) in [6.45, 7) is -0.0542. The van der Waals surface area contributed by atoms with Gasteiger partial charge in [-0.05, 0) is 63.5 Å². The second-order valence-electron chi connectivity index (χ2n) is 13.8. The summed E-state index contributed by atoms with van der Waals surface area (Å²) in [6, 6.07) is 4.42. The maximum Gasteiger partial charge on any atom is 0.408 e. The highest BCUT2D eigenvalue weighted by Crippen LogP contribution is 2.46. The zero-order valence-corrected chi connectivity index (χ0v) is 29.0. The Balaban J connectivity index is 1.33. The number of nitrogens with zero attached hydrogens (tertiary/aromatic N) is 4. The van der Waals surface area contributed by atoms with Gasteiger partial charge in [-0.2, -0.15) is 4.79 Å². The van der Waals surface area contributed by atoms with Crippen LogP contribution in [0.5, 0.6) is 5.75 Å². The van der Waals surface area contributed by atoms with Crippen molar-refractivity contribution in [1.82, 2.24) is 20.5 Å². The summed E-state index contributed by atoms with van der Waals surface area (Å²) in [4.78, 5) is 76.1. The summed E-state index contributed by atoms with van der Waals surface area (Å²) in [6.07, 6.45) is 15.9. The molecule has 0 bridgehead atoms. The number of hydrogen-bond donors (Lipinski definition) is 2. The van der Waals surface area contributed by atoms with Crippen molar-refractivity contribution in [1.29, 1.82) is 0 Å². The Morgan fingerprint density at radius 3 is 2.67 bits per heavy atom. The van der Waals surface area contributed by atoms with Crippen molar-refractivity contribution < 1.29 is 43.0 Å². The highest BCUT2D eigenvalue weighted by Gasteiger charge is 2.62. The molecule has 6 rings (SSSR count). The number of carbonyl (C=O) groups excluding carboxylic acids is 5. The lowest BCUT2D eigenvalue weighted by Crippen LogP contribution is -2.56. The Kier molecular flexibility index (Phi) is 11.0. The summed E-state index contributed by atoms with van der Waals surface area (Å²) in [5.41, 5.74) is 8.33. The fraction of sp³-hybridized carbons (Fsp3) is 0.500. The second-order valence-corrected chi connectivity index (χ2v) is 13.8. The molecule has 14 nitrogen and oxygen atoms in total. The minimum Gasteiger partial charge on any atom is -0.488 e. The maximum atomic E-state index is 14.5. The maximum absolute atomic E-state index is 14.5. The topological polar surface area (TPSA) is 190 Å². The van der Waals surface area contributed by atoms with Gasteiger partial charge < -0.3 is 35.3 Å². The summed E-state index contributed by atoms with van der Waals surface area (Å²) in [5.74, 6) is 0.183. The number of Topliss-reactive ketones (excluding diaryl/α,β-unsaturated/α-hetero) is 1. The monoisotopic (exact) mass is 710 g/mol. The van der Waals surface area contributed by atoms with Gasteiger partial charge in [0.05, 0.1) is 24.7 Å². The first-order valence-electron chi connectivity index (χ1n) is 17.8. The number of rotatable bonds is 7. The highest BCUT2D eigenvalue weighted by molar-refractivity contribution is 6.33. The number of benzene rings is 1. The van der Waals surface area contributed by atoms with E-state index in [1.54, 1.807) is 18.2 Å². The van der Waals surface area contributed by atoms with Crippen LogP contribution in [0.3, 0.4) is 0 Å². The van der Waals surface area contributed by atoms with Crippen LogP contribution in [0.2, 0.25) is 0 Å². The number of fused-ring (bicyclic) bond motifs is 3. The zero-order valence-electron chi connectivity index (χ0n) is 29.0. The second kappa shape index (κ2) is 15.8. The molecular formula is C38H42N6O8. The predicted octanol–water partition coefficient (Wildman–Crippen LogP) is 3.65. The lowest BCUT2D eigenvalue weighted by atomic mass is 10.0. The number of allylic oxidation sites excluding steroid dienone is 1. The van der Waals surface area contributed by atoms with Crippen molar-refractivity contribution in [2.45, 2.75) is 100 Å². The molecule has 1 aromatic heterocycles. The van der Waals surface area contributed by atoms with Gasteiger partial charge in [0, 0.05) is 23.8 Å². The lowest BCUT2D eigenvalue weighted by Gasteiger charge is -2.29. The number of alkyl carbamates (subject to hydrolysis) is 1. The number of terminal acetylenes is 1. The lowest BCUT2D eigenvalue weighted by molar-refractivity contribution is -0.148. The zero-order chi connectivity index (χ0) is 36.8. The number of ketones is 1. The van der Waals surface area contributed by atoms with Crippen LogP contribution < -0.4 is 15.4 Å². The summed E-state index contributed by atoms with van der Waals surface area (Å²) in [7, 11) is 1.27. The van der Waals surface area contributed by atoms with Crippen molar-refractivity contribution >= 4 is 46.8 Å². The minimum atomic E-state index is -1.27. The van der Waals surface area contributed by atoms with Gasteiger partial charge in [0.1, 0.15) is 41.3 Å². The van der Waals surface area contributed by atoms with E-state index in [1.165, 1.54) is 18.1 Å². The molecule has 2 aliphatic heterocycles. The highest BCUT2D eigenvalue weighted by atomic mass is 16.6. The van der Waals surface area contributed by atoms with Gasteiger partial charge >= 0.3 is 18.3 Å². The molecule has 1 unspecified atom stereocenters.